The standard InChI is InChI=1S/C18H21NO2/c1-11-4-6-14(12(2)8-11)18-10-16(19)15-9-13(20-3)5-7-17(15)21-18/h4-9,16,18H,10,19H2,1-3H3/t16-,18?/m1/s1. The molecular formula is C18H21NO2. The molecule has 0 saturated carbocycles. The highest BCUT2D eigenvalue weighted by molar-refractivity contribution is 5.45. The first kappa shape index (κ1) is 14.0. The molecule has 0 fully saturated rings. The van der Waals surface area contributed by atoms with Gasteiger partial charge < -0.3 is 15.2 Å². The summed E-state index contributed by atoms with van der Waals surface area (Å²) in [4.78, 5) is 0. The van der Waals surface area contributed by atoms with Crippen LogP contribution in [0.3, 0.4) is 0 Å². The fraction of sp³-hybridized carbons (Fsp3) is 0.333. The number of rotatable bonds is 2. The molecule has 2 aromatic rings. The second kappa shape index (κ2) is 5.41. The summed E-state index contributed by atoms with van der Waals surface area (Å²) in [5, 5.41) is 0. The Morgan fingerprint density at radius 3 is 2.62 bits per heavy atom. The Hall–Kier alpha value is -2.00. The molecule has 0 aliphatic carbocycles. The van der Waals surface area contributed by atoms with E-state index in [-0.39, 0.29) is 12.1 Å². The van der Waals surface area contributed by atoms with Crippen LogP contribution in [0.4, 0.5) is 0 Å². The van der Waals surface area contributed by atoms with Crippen LogP contribution in [0.15, 0.2) is 36.4 Å². The Morgan fingerprint density at radius 1 is 1.10 bits per heavy atom. The van der Waals surface area contributed by atoms with Crippen molar-refractivity contribution in [2.24, 2.45) is 5.73 Å². The van der Waals surface area contributed by atoms with Gasteiger partial charge in [0.15, 0.2) is 0 Å². The maximum atomic E-state index is 6.34. The second-order valence-corrected chi connectivity index (χ2v) is 5.71. The summed E-state index contributed by atoms with van der Waals surface area (Å²) in [5.74, 6) is 1.68. The molecule has 21 heavy (non-hydrogen) atoms. The zero-order chi connectivity index (χ0) is 15.0. The van der Waals surface area contributed by atoms with E-state index in [4.69, 9.17) is 15.2 Å². The number of ether oxygens (including phenoxy) is 2. The molecule has 1 unspecified atom stereocenters. The van der Waals surface area contributed by atoms with E-state index >= 15 is 0 Å². The molecule has 3 nitrogen and oxygen atoms in total. The van der Waals surface area contributed by atoms with E-state index in [1.165, 1.54) is 16.7 Å². The van der Waals surface area contributed by atoms with Gasteiger partial charge in [-0.2, -0.15) is 0 Å². The van der Waals surface area contributed by atoms with Crippen molar-refractivity contribution in [3.8, 4) is 11.5 Å². The Balaban J connectivity index is 1.94. The van der Waals surface area contributed by atoms with Crippen LogP contribution in [0.25, 0.3) is 0 Å². The predicted octanol–water partition coefficient (Wildman–Crippen LogP) is 3.84. The number of benzene rings is 2. The van der Waals surface area contributed by atoms with E-state index in [0.717, 1.165) is 23.5 Å². The molecule has 1 aliphatic heterocycles. The molecule has 0 spiro atoms. The second-order valence-electron chi connectivity index (χ2n) is 5.71. The third kappa shape index (κ3) is 2.61. The fourth-order valence-corrected chi connectivity index (χ4v) is 2.99. The molecule has 0 bridgehead atoms. The average molecular weight is 283 g/mol. The smallest absolute Gasteiger partial charge is 0.126 e. The lowest BCUT2D eigenvalue weighted by Crippen LogP contribution is -2.24. The van der Waals surface area contributed by atoms with Gasteiger partial charge in [-0.25, -0.2) is 0 Å². The molecule has 3 rings (SSSR count). The van der Waals surface area contributed by atoms with Gasteiger partial charge in [-0.1, -0.05) is 23.8 Å². The van der Waals surface area contributed by atoms with Crippen LogP contribution in [-0.2, 0) is 0 Å². The van der Waals surface area contributed by atoms with Gasteiger partial charge in [0.2, 0.25) is 0 Å². The maximum Gasteiger partial charge on any atom is 0.126 e. The van der Waals surface area contributed by atoms with Crippen LogP contribution in [-0.4, -0.2) is 7.11 Å². The van der Waals surface area contributed by atoms with E-state index in [2.05, 4.69) is 32.0 Å². The number of methoxy groups -OCH3 is 1. The number of aryl methyl sites for hydroxylation is 2. The minimum atomic E-state index is -0.0328. The Bertz CT molecular complexity index is 666. The number of hydrogen-bond donors (Lipinski definition) is 1. The molecule has 2 aromatic carbocycles. The third-order valence-electron chi connectivity index (χ3n) is 4.13. The molecule has 0 aromatic heterocycles. The Labute approximate surface area is 125 Å². The average Bonchev–Trinajstić information content (AvgIpc) is 2.47. The van der Waals surface area contributed by atoms with Gasteiger partial charge in [-0.15, -0.1) is 0 Å². The van der Waals surface area contributed by atoms with Crippen molar-refractivity contribution in [2.75, 3.05) is 7.11 Å². The van der Waals surface area contributed by atoms with Crippen LogP contribution in [0.2, 0.25) is 0 Å². The molecule has 3 heteroatoms. The largest absolute Gasteiger partial charge is 0.497 e. The van der Waals surface area contributed by atoms with E-state index in [0.29, 0.717) is 0 Å². The van der Waals surface area contributed by atoms with Crippen molar-refractivity contribution in [2.45, 2.75) is 32.4 Å². The lowest BCUT2D eigenvalue weighted by molar-refractivity contribution is 0.160. The van der Waals surface area contributed by atoms with Gasteiger partial charge in [0.05, 0.1) is 7.11 Å². The number of nitrogens with two attached hydrogens (primary N) is 1. The highest BCUT2D eigenvalue weighted by Gasteiger charge is 2.28. The summed E-state index contributed by atoms with van der Waals surface area (Å²) in [6.07, 6.45) is 0.797. The normalized spacial score (nSPS) is 20.6. The van der Waals surface area contributed by atoms with E-state index in [9.17, 15) is 0 Å². The minimum absolute atomic E-state index is 0.0153. The summed E-state index contributed by atoms with van der Waals surface area (Å²) in [7, 11) is 1.66. The molecule has 2 N–H and O–H groups in total. The molecule has 0 saturated heterocycles. The Kier molecular flexibility index (Phi) is 3.60. The zero-order valence-electron chi connectivity index (χ0n) is 12.7. The number of hydrogen-bond acceptors (Lipinski definition) is 3. The van der Waals surface area contributed by atoms with E-state index in [1.54, 1.807) is 7.11 Å². The zero-order valence-corrected chi connectivity index (χ0v) is 12.7. The Morgan fingerprint density at radius 2 is 1.90 bits per heavy atom. The monoisotopic (exact) mass is 283 g/mol. The molecule has 110 valence electrons. The highest BCUT2D eigenvalue weighted by atomic mass is 16.5. The molecule has 1 aliphatic rings. The maximum absolute atomic E-state index is 6.34. The van der Waals surface area contributed by atoms with Gasteiger partial charge >= 0.3 is 0 Å². The summed E-state index contributed by atoms with van der Waals surface area (Å²) in [5.41, 5.74) is 11.1. The lowest BCUT2D eigenvalue weighted by Gasteiger charge is -2.31. The van der Waals surface area contributed by atoms with Gasteiger partial charge in [0.1, 0.15) is 17.6 Å². The van der Waals surface area contributed by atoms with E-state index in [1.807, 2.05) is 18.2 Å². The van der Waals surface area contributed by atoms with Crippen molar-refractivity contribution in [1.29, 1.82) is 0 Å². The van der Waals surface area contributed by atoms with Crippen molar-refractivity contribution < 1.29 is 9.47 Å². The van der Waals surface area contributed by atoms with Gasteiger partial charge in [-0.05, 0) is 43.2 Å². The first-order valence-electron chi connectivity index (χ1n) is 7.26. The van der Waals surface area contributed by atoms with Gasteiger partial charge in [-0.3, -0.25) is 0 Å². The summed E-state index contributed by atoms with van der Waals surface area (Å²) < 4.78 is 11.4. The van der Waals surface area contributed by atoms with Crippen molar-refractivity contribution in [3.05, 3.63) is 58.7 Å². The summed E-state index contributed by atoms with van der Waals surface area (Å²) >= 11 is 0. The highest BCUT2D eigenvalue weighted by Crippen LogP contribution is 2.41. The molecule has 0 radical (unpaired) electrons. The first-order valence-corrected chi connectivity index (χ1v) is 7.26. The van der Waals surface area contributed by atoms with Crippen LogP contribution in [0.1, 0.15) is 40.8 Å². The quantitative estimate of drug-likeness (QED) is 0.911. The predicted molar refractivity (Wildman–Crippen MR) is 83.8 cm³/mol. The minimum Gasteiger partial charge on any atom is -0.497 e. The van der Waals surface area contributed by atoms with Crippen molar-refractivity contribution in [1.82, 2.24) is 0 Å². The fourth-order valence-electron chi connectivity index (χ4n) is 2.99. The van der Waals surface area contributed by atoms with Crippen LogP contribution < -0.4 is 15.2 Å². The molecule has 1 heterocycles. The van der Waals surface area contributed by atoms with Crippen LogP contribution in [0, 0.1) is 13.8 Å². The molecular weight excluding hydrogens is 262 g/mol. The topological polar surface area (TPSA) is 44.5 Å². The third-order valence-corrected chi connectivity index (χ3v) is 4.13. The molecule has 0 amide bonds. The van der Waals surface area contributed by atoms with Gasteiger partial charge in [0, 0.05) is 18.0 Å². The van der Waals surface area contributed by atoms with Crippen LogP contribution >= 0.6 is 0 Å². The first-order chi connectivity index (χ1) is 10.1. The molecule has 2 atom stereocenters. The van der Waals surface area contributed by atoms with Crippen LogP contribution in [0.5, 0.6) is 11.5 Å². The van der Waals surface area contributed by atoms with Crippen molar-refractivity contribution in [3.63, 3.8) is 0 Å². The lowest BCUT2D eigenvalue weighted by atomic mass is 9.91. The van der Waals surface area contributed by atoms with E-state index < -0.39 is 0 Å². The summed E-state index contributed by atoms with van der Waals surface area (Å²) in [6.45, 7) is 4.23. The van der Waals surface area contributed by atoms with Gasteiger partial charge in [0.25, 0.3) is 0 Å². The SMILES string of the molecule is COc1ccc2c(c1)[C@H](N)CC(c1ccc(C)cc1C)O2. The van der Waals surface area contributed by atoms with Crippen molar-refractivity contribution >= 4 is 0 Å². The summed E-state index contributed by atoms with van der Waals surface area (Å²) in [6, 6.07) is 12.3. The number of fused-ring (bicyclic) bond motifs is 1.